The van der Waals surface area contributed by atoms with Crippen LogP contribution in [0.2, 0.25) is 0 Å². The highest BCUT2D eigenvalue weighted by molar-refractivity contribution is 5.90. The number of para-hydroxylation sites is 1. The predicted molar refractivity (Wildman–Crippen MR) is 65.2 cm³/mol. The molecule has 0 aliphatic carbocycles. The average Bonchev–Trinajstić information content (AvgIpc) is 2.72. The first-order valence-electron chi connectivity index (χ1n) is 5.59. The van der Waals surface area contributed by atoms with Gasteiger partial charge >= 0.3 is 11.9 Å². The number of carboxylic acids is 1. The minimum absolute atomic E-state index is 0.188. The highest BCUT2D eigenvalue weighted by Gasteiger charge is 2.09. The molecule has 0 fully saturated rings. The van der Waals surface area contributed by atoms with E-state index in [0.717, 1.165) is 16.5 Å². The molecule has 18 heavy (non-hydrogen) atoms. The molecule has 1 aromatic carbocycles. The maximum atomic E-state index is 11.0. The molecule has 5 nitrogen and oxygen atoms in total. The number of rotatable bonds is 5. The minimum atomic E-state index is -1.17. The molecule has 0 unspecified atom stereocenters. The van der Waals surface area contributed by atoms with Crippen LogP contribution < -0.4 is 0 Å². The van der Waals surface area contributed by atoms with E-state index in [2.05, 4.69) is 4.98 Å². The zero-order chi connectivity index (χ0) is 13.0. The summed E-state index contributed by atoms with van der Waals surface area (Å²) in [6.45, 7) is 0.188. The van der Waals surface area contributed by atoms with Crippen LogP contribution in [0, 0.1) is 0 Å². The van der Waals surface area contributed by atoms with E-state index in [1.807, 2.05) is 30.5 Å². The van der Waals surface area contributed by atoms with Gasteiger partial charge in [0.15, 0.2) is 0 Å². The second-order valence-electron chi connectivity index (χ2n) is 3.90. The molecule has 2 N–H and O–H groups in total. The topological polar surface area (TPSA) is 79.4 Å². The van der Waals surface area contributed by atoms with Crippen molar-refractivity contribution in [3.63, 3.8) is 0 Å². The largest absolute Gasteiger partial charge is 0.481 e. The zero-order valence-electron chi connectivity index (χ0n) is 9.68. The van der Waals surface area contributed by atoms with E-state index in [1.165, 1.54) is 0 Å². The Bertz CT molecular complexity index is 573. The number of aliphatic carboxylic acids is 1. The van der Waals surface area contributed by atoms with Gasteiger partial charge in [0.05, 0.1) is 6.61 Å². The summed E-state index contributed by atoms with van der Waals surface area (Å²) in [7, 11) is 0. The number of benzene rings is 1. The van der Waals surface area contributed by atoms with Crippen LogP contribution >= 0.6 is 0 Å². The summed E-state index contributed by atoms with van der Waals surface area (Å²) in [5, 5.41) is 9.49. The third kappa shape index (κ3) is 2.88. The van der Waals surface area contributed by atoms with Crippen LogP contribution in [0.5, 0.6) is 0 Å². The highest BCUT2D eigenvalue weighted by atomic mass is 16.5. The normalized spacial score (nSPS) is 10.4. The van der Waals surface area contributed by atoms with Crippen LogP contribution in [0.3, 0.4) is 0 Å². The van der Waals surface area contributed by atoms with Crippen LogP contribution in [0.15, 0.2) is 30.5 Å². The van der Waals surface area contributed by atoms with Gasteiger partial charge in [0.25, 0.3) is 0 Å². The molecule has 0 radical (unpaired) electrons. The Morgan fingerprint density at radius 1 is 1.28 bits per heavy atom. The van der Waals surface area contributed by atoms with E-state index >= 15 is 0 Å². The number of ether oxygens (including phenoxy) is 1. The maximum Gasteiger partial charge on any atom is 0.317 e. The van der Waals surface area contributed by atoms with E-state index in [-0.39, 0.29) is 6.61 Å². The smallest absolute Gasteiger partial charge is 0.317 e. The number of aromatic amines is 1. The number of H-pyrrole nitrogens is 1. The van der Waals surface area contributed by atoms with Crippen molar-refractivity contribution in [3.05, 3.63) is 36.0 Å². The Hall–Kier alpha value is -2.30. The van der Waals surface area contributed by atoms with Gasteiger partial charge < -0.3 is 14.8 Å². The van der Waals surface area contributed by atoms with Crippen molar-refractivity contribution in [2.24, 2.45) is 0 Å². The van der Waals surface area contributed by atoms with Crippen LogP contribution in [0.1, 0.15) is 12.0 Å². The molecular weight excluding hydrogens is 234 g/mol. The summed E-state index contributed by atoms with van der Waals surface area (Å²) in [6.07, 6.45) is 1.85. The quantitative estimate of drug-likeness (QED) is 0.623. The molecule has 94 valence electrons. The van der Waals surface area contributed by atoms with E-state index in [0.29, 0.717) is 6.42 Å². The first-order chi connectivity index (χ1) is 8.66. The fourth-order valence-corrected chi connectivity index (χ4v) is 1.79. The number of carbonyl (C=O) groups excluding carboxylic acids is 1. The summed E-state index contributed by atoms with van der Waals surface area (Å²) in [4.78, 5) is 24.4. The number of carboxylic acid groups (broad SMARTS) is 1. The second kappa shape index (κ2) is 5.35. The fourth-order valence-electron chi connectivity index (χ4n) is 1.79. The van der Waals surface area contributed by atoms with Crippen molar-refractivity contribution in [1.82, 2.24) is 4.98 Å². The number of nitrogens with one attached hydrogen (secondary N) is 1. The van der Waals surface area contributed by atoms with Gasteiger partial charge in [-0.15, -0.1) is 0 Å². The number of fused-ring (bicyclic) bond motifs is 1. The van der Waals surface area contributed by atoms with Crippen LogP contribution in [0.25, 0.3) is 10.9 Å². The molecule has 2 rings (SSSR count). The maximum absolute atomic E-state index is 11.0. The Balaban J connectivity index is 1.91. The molecule has 0 aliphatic heterocycles. The number of carbonyl (C=O) groups is 2. The van der Waals surface area contributed by atoms with Crippen molar-refractivity contribution in [3.8, 4) is 0 Å². The molecule has 0 aliphatic rings. The highest BCUT2D eigenvalue weighted by Crippen LogP contribution is 2.17. The van der Waals surface area contributed by atoms with Gasteiger partial charge in [0.1, 0.15) is 6.42 Å². The molecule has 0 bridgehead atoms. The van der Waals surface area contributed by atoms with Gasteiger partial charge in [0.2, 0.25) is 0 Å². The van der Waals surface area contributed by atoms with Gasteiger partial charge in [-0.05, 0) is 11.6 Å². The summed E-state index contributed by atoms with van der Waals surface area (Å²) >= 11 is 0. The molecule has 1 aromatic heterocycles. The summed E-state index contributed by atoms with van der Waals surface area (Å²) in [6, 6.07) is 7.83. The lowest BCUT2D eigenvalue weighted by Gasteiger charge is -2.02. The van der Waals surface area contributed by atoms with E-state index in [9.17, 15) is 9.59 Å². The number of aromatic nitrogens is 1. The van der Waals surface area contributed by atoms with Crippen molar-refractivity contribution >= 4 is 22.8 Å². The van der Waals surface area contributed by atoms with E-state index in [4.69, 9.17) is 9.84 Å². The number of hydrogen-bond donors (Lipinski definition) is 2. The molecule has 5 heteroatoms. The van der Waals surface area contributed by atoms with Gasteiger partial charge in [0, 0.05) is 23.5 Å². The van der Waals surface area contributed by atoms with Crippen molar-refractivity contribution in [2.75, 3.05) is 6.61 Å². The molecular formula is C13H13NO4. The van der Waals surface area contributed by atoms with Crippen molar-refractivity contribution in [1.29, 1.82) is 0 Å². The summed E-state index contributed by atoms with van der Waals surface area (Å²) < 4.78 is 4.84. The molecule has 1 heterocycles. The third-order valence-corrected chi connectivity index (χ3v) is 2.60. The standard InChI is InChI=1S/C13H13NO4/c15-12(16)7-13(17)18-6-5-9-8-14-11-4-2-1-3-10(9)11/h1-4,8,14H,5-7H2,(H,15,16). The van der Waals surface area contributed by atoms with Gasteiger partial charge in [-0.1, -0.05) is 18.2 Å². The first kappa shape index (κ1) is 12.2. The molecule has 2 aromatic rings. The Labute approximate surface area is 103 Å². The Morgan fingerprint density at radius 2 is 2.06 bits per heavy atom. The average molecular weight is 247 g/mol. The molecule has 0 saturated carbocycles. The lowest BCUT2D eigenvalue weighted by atomic mass is 10.1. The van der Waals surface area contributed by atoms with E-state index in [1.54, 1.807) is 0 Å². The molecule has 0 amide bonds. The predicted octanol–water partition coefficient (Wildman–Crippen LogP) is 1.73. The van der Waals surface area contributed by atoms with Crippen LogP contribution in [-0.4, -0.2) is 28.6 Å². The van der Waals surface area contributed by atoms with Crippen molar-refractivity contribution in [2.45, 2.75) is 12.8 Å². The summed E-state index contributed by atoms with van der Waals surface area (Å²) in [5.74, 6) is -1.88. The zero-order valence-corrected chi connectivity index (χ0v) is 9.68. The SMILES string of the molecule is O=C(O)CC(=O)OCCc1c[nH]c2ccccc12. The van der Waals surface area contributed by atoms with Gasteiger partial charge in [-0.25, -0.2) is 0 Å². The third-order valence-electron chi connectivity index (χ3n) is 2.60. The monoisotopic (exact) mass is 247 g/mol. The van der Waals surface area contributed by atoms with Gasteiger partial charge in [-0.2, -0.15) is 0 Å². The van der Waals surface area contributed by atoms with Gasteiger partial charge in [-0.3, -0.25) is 9.59 Å². The first-order valence-corrected chi connectivity index (χ1v) is 5.59. The lowest BCUT2D eigenvalue weighted by Crippen LogP contribution is -2.12. The number of hydrogen-bond acceptors (Lipinski definition) is 3. The minimum Gasteiger partial charge on any atom is -0.481 e. The Morgan fingerprint density at radius 3 is 2.83 bits per heavy atom. The van der Waals surface area contributed by atoms with Crippen molar-refractivity contribution < 1.29 is 19.4 Å². The van der Waals surface area contributed by atoms with Crippen LogP contribution in [0.4, 0.5) is 0 Å². The molecule has 0 saturated heterocycles. The lowest BCUT2D eigenvalue weighted by molar-refractivity contribution is -0.151. The van der Waals surface area contributed by atoms with Crippen LogP contribution in [-0.2, 0) is 20.7 Å². The molecule has 0 spiro atoms. The Kier molecular flexibility index (Phi) is 3.62. The summed E-state index contributed by atoms with van der Waals surface area (Å²) in [5.41, 5.74) is 2.08. The fraction of sp³-hybridized carbons (Fsp3) is 0.231. The molecule has 0 atom stereocenters. The van der Waals surface area contributed by atoms with E-state index < -0.39 is 18.4 Å². The number of esters is 1. The second-order valence-corrected chi connectivity index (χ2v) is 3.90.